The lowest BCUT2D eigenvalue weighted by atomic mass is 10.1. The van der Waals surface area contributed by atoms with Crippen LogP contribution in [0.4, 0.5) is 14.5 Å². The summed E-state index contributed by atoms with van der Waals surface area (Å²) in [6, 6.07) is 3.12. The lowest BCUT2D eigenvalue weighted by Gasteiger charge is -2.07. The number of ether oxygens (including phenoxy) is 2. The molecule has 1 aromatic rings. The van der Waals surface area contributed by atoms with E-state index in [4.69, 9.17) is 0 Å². The van der Waals surface area contributed by atoms with Gasteiger partial charge in [0.15, 0.2) is 0 Å². The summed E-state index contributed by atoms with van der Waals surface area (Å²) in [4.78, 5) is 21.2. The van der Waals surface area contributed by atoms with Gasteiger partial charge in [0.1, 0.15) is 17.9 Å². The molecule has 0 aromatic heterocycles. The average Bonchev–Trinajstić information content (AvgIpc) is 2.34. The van der Waals surface area contributed by atoms with Gasteiger partial charge in [0, 0.05) is 12.1 Å². The molecule has 0 atom stereocenters. The Morgan fingerprint density at radius 1 is 1.50 bits per heavy atom. The van der Waals surface area contributed by atoms with Gasteiger partial charge in [0.2, 0.25) is 0 Å². The maximum atomic E-state index is 11.9. The van der Waals surface area contributed by atoms with Crippen LogP contribution < -0.4 is 4.74 Å². The number of benzene rings is 1. The molecule has 0 saturated heterocycles. The molecule has 0 N–H and O–H groups in total. The first-order valence-corrected chi connectivity index (χ1v) is 4.73. The predicted octanol–water partition coefficient (Wildman–Crippen LogP) is 2.03. The van der Waals surface area contributed by atoms with Crippen LogP contribution in [0.5, 0.6) is 5.75 Å². The smallest absolute Gasteiger partial charge is 0.345 e. The first-order valence-electron chi connectivity index (χ1n) is 4.73. The molecule has 0 amide bonds. The van der Waals surface area contributed by atoms with E-state index in [1.54, 1.807) is 0 Å². The fraction of sp³-hybridized carbons (Fsp3) is 0.300. The highest BCUT2D eigenvalue weighted by atomic mass is 19.3. The van der Waals surface area contributed by atoms with Gasteiger partial charge in [-0.2, -0.15) is 0 Å². The summed E-state index contributed by atoms with van der Waals surface area (Å²) in [5.41, 5.74) is -0.833. The minimum atomic E-state index is -2.68. The fourth-order valence-electron chi connectivity index (χ4n) is 1.20. The Balaban J connectivity index is 3.05. The van der Waals surface area contributed by atoms with Crippen LogP contribution in [0, 0.1) is 10.1 Å². The number of halogens is 2. The van der Waals surface area contributed by atoms with Gasteiger partial charge in [-0.15, -0.1) is 0 Å². The highest BCUT2D eigenvalue weighted by Crippen LogP contribution is 2.25. The Kier molecular flexibility index (Phi) is 4.52. The monoisotopic (exact) mass is 261 g/mol. The van der Waals surface area contributed by atoms with E-state index in [-0.39, 0.29) is 11.3 Å². The molecule has 0 saturated carbocycles. The second-order valence-corrected chi connectivity index (χ2v) is 3.13. The third-order valence-electron chi connectivity index (χ3n) is 1.95. The number of methoxy groups -OCH3 is 1. The number of hydrogen-bond donors (Lipinski definition) is 0. The third-order valence-corrected chi connectivity index (χ3v) is 1.95. The number of nitro groups is 1. The molecule has 0 fully saturated rings. The SMILES string of the molecule is COC(=O)c1cc(OCC(F)F)ccc1[N+](=O)[O-]. The molecule has 1 aromatic carbocycles. The molecule has 6 nitrogen and oxygen atoms in total. The maximum absolute atomic E-state index is 11.9. The summed E-state index contributed by atoms with van der Waals surface area (Å²) in [6.45, 7) is -0.863. The van der Waals surface area contributed by atoms with E-state index >= 15 is 0 Å². The second-order valence-electron chi connectivity index (χ2n) is 3.13. The van der Waals surface area contributed by atoms with Crippen LogP contribution >= 0.6 is 0 Å². The van der Waals surface area contributed by atoms with E-state index in [1.165, 1.54) is 0 Å². The summed E-state index contributed by atoms with van der Waals surface area (Å²) in [6.07, 6.45) is -2.68. The van der Waals surface area contributed by atoms with Crippen LogP contribution in [0.15, 0.2) is 18.2 Å². The van der Waals surface area contributed by atoms with Gasteiger partial charge in [-0.3, -0.25) is 10.1 Å². The van der Waals surface area contributed by atoms with Crippen molar-refractivity contribution in [3.8, 4) is 5.75 Å². The number of carbonyl (C=O) groups is 1. The number of nitrogens with zero attached hydrogens (tertiary/aromatic N) is 1. The van der Waals surface area contributed by atoms with E-state index in [1.807, 2.05) is 0 Å². The maximum Gasteiger partial charge on any atom is 0.345 e. The molecule has 0 aliphatic heterocycles. The van der Waals surface area contributed by atoms with Gasteiger partial charge < -0.3 is 9.47 Å². The summed E-state index contributed by atoms with van der Waals surface area (Å²) >= 11 is 0. The molecule has 0 spiro atoms. The number of nitro benzene ring substituents is 1. The van der Waals surface area contributed by atoms with Crippen molar-refractivity contribution >= 4 is 11.7 Å². The molecular weight excluding hydrogens is 252 g/mol. The van der Waals surface area contributed by atoms with Crippen molar-refractivity contribution in [2.24, 2.45) is 0 Å². The van der Waals surface area contributed by atoms with Crippen LogP contribution in [-0.4, -0.2) is 31.0 Å². The van der Waals surface area contributed by atoms with Crippen molar-refractivity contribution in [2.75, 3.05) is 13.7 Å². The summed E-state index contributed by atoms with van der Waals surface area (Å²) in [5.74, 6) is -1.01. The second kappa shape index (κ2) is 5.89. The Bertz CT molecular complexity index is 464. The molecule has 0 radical (unpaired) electrons. The minimum Gasteiger partial charge on any atom is -0.488 e. The molecular formula is C10H9F2NO5. The van der Waals surface area contributed by atoms with Gasteiger partial charge in [0.25, 0.3) is 12.1 Å². The molecule has 98 valence electrons. The zero-order valence-electron chi connectivity index (χ0n) is 9.26. The van der Waals surface area contributed by atoms with E-state index in [0.717, 1.165) is 25.3 Å². The molecule has 0 aliphatic carbocycles. The van der Waals surface area contributed by atoms with Crippen molar-refractivity contribution in [1.82, 2.24) is 0 Å². The largest absolute Gasteiger partial charge is 0.488 e. The van der Waals surface area contributed by atoms with Crippen molar-refractivity contribution in [1.29, 1.82) is 0 Å². The van der Waals surface area contributed by atoms with Gasteiger partial charge in [0.05, 0.1) is 12.0 Å². The van der Waals surface area contributed by atoms with Crippen molar-refractivity contribution in [2.45, 2.75) is 6.43 Å². The standard InChI is InChI=1S/C10H9F2NO5/c1-17-10(14)7-4-6(18-5-9(11)12)2-3-8(7)13(15)16/h2-4,9H,5H2,1H3. The van der Waals surface area contributed by atoms with Gasteiger partial charge in [-0.1, -0.05) is 0 Å². The zero-order chi connectivity index (χ0) is 13.7. The Labute approximate surface area is 100 Å². The fourth-order valence-corrected chi connectivity index (χ4v) is 1.20. The quantitative estimate of drug-likeness (QED) is 0.460. The molecule has 8 heteroatoms. The van der Waals surface area contributed by atoms with Gasteiger partial charge in [-0.25, -0.2) is 13.6 Å². The molecule has 18 heavy (non-hydrogen) atoms. The van der Waals surface area contributed by atoms with Gasteiger partial charge in [-0.05, 0) is 6.07 Å². The van der Waals surface area contributed by atoms with Crippen LogP contribution in [0.25, 0.3) is 0 Å². The first-order chi connectivity index (χ1) is 8.45. The number of alkyl halides is 2. The molecule has 0 aliphatic rings. The lowest BCUT2D eigenvalue weighted by Crippen LogP contribution is -2.09. The number of hydrogen-bond acceptors (Lipinski definition) is 5. The molecule has 0 unspecified atom stereocenters. The number of esters is 1. The number of carbonyl (C=O) groups excluding carboxylic acids is 1. The zero-order valence-corrected chi connectivity index (χ0v) is 9.26. The van der Waals surface area contributed by atoms with E-state index in [0.29, 0.717) is 0 Å². The predicted molar refractivity (Wildman–Crippen MR) is 55.9 cm³/mol. The van der Waals surface area contributed by atoms with Crippen molar-refractivity contribution < 1.29 is 28.0 Å². The highest BCUT2D eigenvalue weighted by molar-refractivity contribution is 5.94. The third kappa shape index (κ3) is 3.37. The number of rotatable bonds is 5. The van der Waals surface area contributed by atoms with Crippen molar-refractivity contribution in [3.05, 3.63) is 33.9 Å². The van der Waals surface area contributed by atoms with Crippen LogP contribution in [0.2, 0.25) is 0 Å². The van der Waals surface area contributed by atoms with E-state index < -0.39 is 29.6 Å². The summed E-state index contributed by atoms with van der Waals surface area (Å²) < 4.78 is 32.9. The lowest BCUT2D eigenvalue weighted by molar-refractivity contribution is -0.385. The van der Waals surface area contributed by atoms with Gasteiger partial charge >= 0.3 is 5.97 Å². The van der Waals surface area contributed by atoms with Crippen LogP contribution in [-0.2, 0) is 4.74 Å². The first kappa shape index (κ1) is 13.8. The highest BCUT2D eigenvalue weighted by Gasteiger charge is 2.21. The Morgan fingerprint density at radius 2 is 2.17 bits per heavy atom. The Morgan fingerprint density at radius 3 is 2.67 bits per heavy atom. The normalized spacial score (nSPS) is 10.2. The Hall–Kier alpha value is -2.25. The van der Waals surface area contributed by atoms with Crippen molar-refractivity contribution in [3.63, 3.8) is 0 Å². The topological polar surface area (TPSA) is 78.7 Å². The minimum absolute atomic E-state index is 0.0682. The molecule has 0 heterocycles. The van der Waals surface area contributed by atoms with E-state index in [2.05, 4.69) is 9.47 Å². The van der Waals surface area contributed by atoms with Crippen LogP contribution in [0.3, 0.4) is 0 Å². The summed E-state index contributed by atoms with van der Waals surface area (Å²) in [5, 5.41) is 10.7. The van der Waals surface area contributed by atoms with E-state index in [9.17, 15) is 23.7 Å². The summed E-state index contributed by atoms with van der Waals surface area (Å²) in [7, 11) is 1.05. The molecule has 0 bridgehead atoms. The molecule has 1 rings (SSSR count). The average molecular weight is 261 g/mol. The van der Waals surface area contributed by atoms with Crippen LogP contribution in [0.1, 0.15) is 10.4 Å².